The lowest BCUT2D eigenvalue weighted by Crippen LogP contribution is -2.39. The zero-order valence-corrected chi connectivity index (χ0v) is 11.3. The van der Waals surface area contributed by atoms with Crippen molar-refractivity contribution in [3.05, 3.63) is 28.2 Å². The molecule has 0 saturated heterocycles. The van der Waals surface area contributed by atoms with E-state index in [0.29, 0.717) is 0 Å². The molecule has 1 atom stereocenters. The molecular formula is C12H17BrN2O. The lowest BCUT2D eigenvalue weighted by molar-refractivity contribution is -0.118. The molecule has 0 spiro atoms. The Labute approximate surface area is 105 Å². The number of nitrogens with one attached hydrogen (secondary N) is 1. The van der Waals surface area contributed by atoms with Crippen molar-refractivity contribution in [1.29, 1.82) is 0 Å². The van der Waals surface area contributed by atoms with Gasteiger partial charge in [0.05, 0.1) is 6.04 Å². The first-order valence-corrected chi connectivity index (χ1v) is 6.04. The Kier molecular flexibility index (Phi) is 4.50. The van der Waals surface area contributed by atoms with Gasteiger partial charge in [-0.1, -0.05) is 35.8 Å². The fraction of sp³-hybridized carbons (Fsp3) is 0.417. The van der Waals surface area contributed by atoms with Gasteiger partial charge in [-0.2, -0.15) is 0 Å². The van der Waals surface area contributed by atoms with Crippen molar-refractivity contribution >= 4 is 27.5 Å². The second-order valence-corrected chi connectivity index (χ2v) is 5.03. The van der Waals surface area contributed by atoms with Crippen LogP contribution >= 0.6 is 15.9 Å². The van der Waals surface area contributed by atoms with Crippen LogP contribution in [0.25, 0.3) is 0 Å². The molecule has 0 aliphatic carbocycles. The predicted octanol–water partition coefficient (Wildman–Crippen LogP) is 2.68. The van der Waals surface area contributed by atoms with Gasteiger partial charge >= 0.3 is 0 Å². The average molecular weight is 285 g/mol. The predicted molar refractivity (Wildman–Crippen MR) is 70.3 cm³/mol. The molecule has 3 nitrogen and oxygen atoms in total. The van der Waals surface area contributed by atoms with E-state index in [1.807, 2.05) is 39.0 Å². The molecule has 4 heteroatoms. The first-order chi connectivity index (χ1) is 7.43. The van der Waals surface area contributed by atoms with Crippen LogP contribution in [0.5, 0.6) is 0 Å². The number of carbonyl (C=O) groups excluding carboxylic acids is 1. The van der Waals surface area contributed by atoms with Crippen LogP contribution in [-0.2, 0) is 4.79 Å². The van der Waals surface area contributed by atoms with E-state index in [0.717, 1.165) is 15.7 Å². The molecule has 16 heavy (non-hydrogen) atoms. The number of carbonyl (C=O) groups is 1. The van der Waals surface area contributed by atoms with Crippen molar-refractivity contribution in [2.45, 2.75) is 26.8 Å². The van der Waals surface area contributed by atoms with E-state index < -0.39 is 6.04 Å². The number of benzene rings is 1. The van der Waals surface area contributed by atoms with Crippen molar-refractivity contribution in [2.24, 2.45) is 11.7 Å². The molecule has 0 saturated carbocycles. The number of anilines is 1. The SMILES string of the molecule is Cc1c(Br)cccc1NC(=O)[C@@H](N)C(C)C. The molecule has 0 bridgehead atoms. The third-order valence-corrected chi connectivity index (χ3v) is 3.41. The van der Waals surface area contributed by atoms with Gasteiger partial charge in [0.2, 0.25) is 5.91 Å². The second kappa shape index (κ2) is 5.46. The Morgan fingerprint density at radius 3 is 2.62 bits per heavy atom. The van der Waals surface area contributed by atoms with Crippen LogP contribution in [0.3, 0.4) is 0 Å². The maximum Gasteiger partial charge on any atom is 0.241 e. The number of hydrogen-bond acceptors (Lipinski definition) is 2. The van der Waals surface area contributed by atoms with Gasteiger partial charge in [-0.05, 0) is 30.5 Å². The minimum Gasteiger partial charge on any atom is -0.324 e. The third kappa shape index (κ3) is 3.06. The molecule has 1 amide bonds. The monoisotopic (exact) mass is 284 g/mol. The smallest absolute Gasteiger partial charge is 0.241 e. The van der Waals surface area contributed by atoms with Crippen LogP contribution in [0, 0.1) is 12.8 Å². The maximum atomic E-state index is 11.8. The molecular weight excluding hydrogens is 268 g/mol. The van der Waals surface area contributed by atoms with Crippen LogP contribution < -0.4 is 11.1 Å². The molecule has 0 unspecified atom stereocenters. The van der Waals surface area contributed by atoms with E-state index in [9.17, 15) is 4.79 Å². The van der Waals surface area contributed by atoms with Crippen molar-refractivity contribution < 1.29 is 4.79 Å². The minimum atomic E-state index is -0.474. The van der Waals surface area contributed by atoms with Crippen molar-refractivity contribution in [3.63, 3.8) is 0 Å². The normalized spacial score (nSPS) is 12.6. The highest BCUT2D eigenvalue weighted by Crippen LogP contribution is 2.23. The highest BCUT2D eigenvalue weighted by molar-refractivity contribution is 9.10. The summed E-state index contributed by atoms with van der Waals surface area (Å²) in [6, 6.07) is 5.21. The van der Waals surface area contributed by atoms with Gasteiger partial charge in [-0.3, -0.25) is 4.79 Å². The Morgan fingerprint density at radius 2 is 2.06 bits per heavy atom. The number of nitrogens with two attached hydrogens (primary N) is 1. The number of halogens is 1. The molecule has 1 aromatic carbocycles. The molecule has 1 rings (SSSR count). The molecule has 88 valence electrons. The largest absolute Gasteiger partial charge is 0.324 e. The van der Waals surface area contributed by atoms with Crippen molar-refractivity contribution in [1.82, 2.24) is 0 Å². The quantitative estimate of drug-likeness (QED) is 0.897. The van der Waals surface area contributed by atoms with E-state index in [2.05, 4.69) is 21.2 Å². The molecule has 0 aromatic heterocycles. The molecule has 0 fully saturated rings. The van der Waals surface area contributed by atoms with Gasteiger partial charge in [0, 0.05) is 10.2 Å². The van der Waals surface area contributed by atoms with E-state index in [1.54, 1.807) is 0 Å². The first kappa shape index (κ1) is 13.2. The van der Waals surface area contributed by atoms with Crippen molar-refractivity contribution in [2.75, 3.05) is 5.32 Å². The summed E-state index contributed by atoms with van der Waals surface area (Å²) < 4.78 is 0.975. The van der Waals surface area contributed by atoms with E-state index in [-0.39, 0.29) is 11.8 Å². The van der Waals surface area contributed by atoms with E-state index in [1.165, 1.54) is 0 Å². The zero-order valence-electron chi connectivity index (χ0n) is 9.75. The maximum absolute atomic E-state index is 11.8. The number of rotatable bonds is 3. The fourth-order valence-corrected chi connectivity index (χ4v) is 1.63. The van der Waals surface area contributed by atoms with Gasteiger partial charge in [0.1, 0.15) is 0 Å². The Balaban J connectivity index is 2.81. The van der Waals surface area contributed by atoms with Gasteiger partial charge in [0.25, 0.3) is 0 Å². The highest BCUT2D eigenvalue weighted by atomic mass is 79.9. The molecule has 0 heterocycles. The van der Waals surface area contributed by atoms with Gasteiger partial charge in [0.15, 0.2) is 0 Å². The lowest BCUT2D eigenvalue weighted by Gasteiger charge is -2.16. The molecule has 0 aliphatic heterocycles. The summed E-state index contributed by atoms with van der Waals surface area (Å²) in [5.74, 6) is -0.0105. The Bertz CT molecular complexity index is 391. The molecule has 0 radical (unpaired) electrons. The van der Waals surface area contributed by atoms with Gasteiger partial charge < -0.3 is 11.1 Å². The third-order valence-electron chi connectivity index (χ3n) is 2.55. The van der Waals surface area contributed by atoms with E-state index in [4.69, 9.17) is 5.73 Å². The van der Waals surface area contributed by atoms with Gasteiger partial charge in [-0.15, -0.1) is 0 Å². The Morgan fingerprint density at radius 1 is 1.44 bits per heavy atom. The zero-order chi connectivity index (χ0) is 12.3. The van der Waals surface area contributed by atoms with E-state index >= 15 is 0 Å². The second-order valence-electron chi connectivity index (χ2n) is 4.17. The summed E-state index contributed by atoms with van der Waals surface area (Å²) in [4.78, 5) is 11.8. The summed E-state index contributed by atoms with van der Waals surface area (Å²) in [7, 11) is 0. The summed E-state index contributed by atoms with van der Waals surface area (Å²) >= 11 is 3.42. The van der Waals surface area contributed by atoms with Crippen LogP contribution in [0.15, 0.2) is 22.7 Å². The molecule has 1 aromatic rings. The topological polar surface area (TPSA) is 55.1 Å². The average Bonchev–Trinajstić information content (AvgIpc) is 2.23. The number of amides is 1. The lowest BCUT2D eigenvalue weighted by atomic mass is 10.0. The summed E-state index contributed by atoms with van der Waals surface area (Å²) in [5, 5.41) is 2.84. The number of hydrogen-bond donors (Lipinski definition) is 2. The van der Waals surface area contributed by atoms with Gasteiger partial charge in [-0.25, -0.2) is 0 Å². The molecule has 3 N–H and O–H groups in total. The summed E-state index contributed by atoms with van der Waals surface area (Å²) in [5.41, 5.74) is 7.58. The van der Waals surface area contributed by atoms with Crippen LogP contribution in [0.1, 0.15) is 19.4 Å². The highest BCUT2D eigenvalue weighted by Gasteiger charge is 2.17. The van der Waals surface area contributed by atoms with Crippen LogP contribution in [-0.4, -0.2) is 11.9 Å². The van der Waals surface area contributed by atoms with Crippen LogP contribution in [0.4, 0.5) is 5.69 Å². The standard InChI is InChI=1S/C12H17BrN2O/c1-7(2)11(14)12(16)15-10-6-4-5-9(13)8(10)3/h4-7,11H,14H2,1-3H3,(H,15,16)/t11-/m0/s1. The first-order valence-electron chi connectivity index (χ1n) is 5.25. The van der Waals surface area contributed by atoms with Crippen molar-refractivity contribution in [3.8, 4) is 0 Å². The fourth-order valence-electron chi connectivity index (χ4n) is 1.26. The summed E-state index contributed by atoms with van der Waals surface area (Å²) in [6.07, 6.45) is 0. The van der Waals surface area contributed by atoms with Crippen LogP contribution in [0.2, 0.25) is 0 Å². The minimum absolute atomic E-state index is 0.132. The molecule has 0 aliphatic rings. The summed E-state index contributed by atoms with van der Waals surface area (Å²) in [6.45, 7) is 5.80. The Hall–Kier alpha value is -0.870.